The smallest absolute Gasteiger partial charge is 0.252 e. The van der Waals surface area contributed by atoms with Gasteiger partial charge in [-0.15, -0.1) is 11.3 Å². The topological polar surface area (TPSA) is 25.8 Å². The number of hydrogen-bond donors (Lipinski definition) is 0. The highest BCUT2D eigenvalue weighted by atomic mass is 32.1. The lowest BCUT2D eigenvalue weighted by Crippen LogP contribution is -2.07. The van der Waals surface area contributed by atoms with Crippen molar-refractivity contribution in [1.82, 2.24) is 9.97 Å². The molecule has 0 bridgehead atoms. The minimum atomic E-state index is -4.41. The second-order valence-corrected chi connectivity index (χ2v) is 5.14. The fourth-order valence-corrected chi connectivity index (χ4v) is 2.60. The Balaban J connectivity index is 1.95. The summed E-state index contributed by atoms with van der Waals surface area (Å²) in [4.78, 5) is 7.73. The molecule has 2 heterocycles. The summed E-state index contributed by atoms with van der Waals surface area (Å²) in [6.07, 6.45) is -0.969. The third kappa shape index (κ3) is 2.25. The molecule has 0 aliphatic heterocycles. The monoisotopic (exact) mass is 270 g/mol. The molecule has 0 N–H and O–H groups in total. The zero-order chi connectivity index (χ0) is 12.8. The zero-order valence-electron chi connectivity index (χ0n) is 9.24. The third-order valence-electron chi connectivity index (χ3n) is 2.81. The molecule has 0 radical (unpaired) electrons. The van der Waals surface area contributed by atoms with Gasteiger partial charge < -0.3 is 0 Å². The Labute approximate surface area is 106 Å². The molecule has 0 amide bonds. The summed E-state index contributed by atoms with van der Waals surface area (Å²) in [5, 5.41) is 2.56. The fourth-order valence-electron chi connectivity index (χ4n) is 1.70. The average Bonchev–Trinajstić information content (AvgIpc) is 3.06. The predicted octanol–water partition coefficient (Wildman–Crippen LogP) is 4.10. The molecular formula is C12H9F3N2S. The summed E-state index contributed by atoms with van der Waals surface area (Å²) in [6, 6.07) is 2.61. The quantitative estimate of drug-likeness (QED) is 0.821. The number of halogens is 3. The molecule has 0 spiro atoms. The molecule has 2 nitrogen and oxygen atoms in total. The van der Waals surface area contributed by atoms with E-state index in [2.05, 4.69) is 9.97 Å². The number of thiazole rings is 1. The first kappa shape index (κ1) is 11.6. The van der Waals surface area contributed by atoms with Gasteiger partial charge in [-0.25, -0.2) is 4.98 Å². The third-order valence-corrected chi connectivity index (χ3v) is 3.72. The Bertz CT molecular complexity index is 573. The minimum absolute atomic E-state index is 0.481. The summed E-state index contributed by atoms with van der Waals surface area (Å²) in [5.41, 5.74) is 0.609. The first-order valence-electron chi connectivity index (χ1n) is 5.53. The van der Waals surface area contributed by atoms with Crippen molar-refractivity contribution in [2.75, 3.05) is 0 Å². The van der Waals surface area contributed by atoms with Gasteiger partial charge in [-0.05, 0) is 25.0 Å². The molecule has 2 aromatic rings. The van der Waals surface area contributed by atoms with Gasteiger partial charge in [0.25, 0.3) is 0 Å². The molecule has 0 saturated heterocycles. The number of nitrogens with zero attached hydrogens (tertiary/aromatic N) is 2. The summed E-state index contributed by atoms with van der Waals surface area (Å²) in [5.74, 6) is 0.513. The molecule has 0 atom stereocenters. The van der Waals surface area contributed by atoms with Crippen LogP contribution in [0.1, 0.15) is 30.1 Å². The van der Waals surface area contributed by atoms with Crippen LogP contribution >= 0.6 is 11.3 Å². The Kier molecular flexibility index (Phi) is 2.62. The Morgan fingerprint density at radius 2 is 2.06 bits per heavy atom. The van der Waals surface area contributed by atoms with Crippen molar-refractivity contribution in [3.8, 4) is 10.6 Å². The summed E-state index contributed by atoms with van der Waals surface area (Å²) in [7, 11) is 0. The SMILES string of the molecule is FC(F)(F)c1cc(-c2nc(C3CC3)cs2)ccn1. The Morgan fingerprint density at radius 1 is 1.28 bits per heavy atom. The number of aromatic nitrogens is 2. The van der Waals surface area contributed by atoms with Crippen molar-refractivity contribution in [2.45, 2.75) is 24.9 Å². The van der Waals surface area contributed by atoms with E-state index in [-0.39, 0.29) is 0 Å². The van der Waals surface area contributed by atoms with Crippen LogP contribution in [0.15, 0.2) is 23.7 Å². The summed E-state index contributed by atoms with van der Waals surface area (Å²) in [6.45, 7) is 0. The van der Waals surface area contributed by atoms with E-state index >= 15 is 0 Å². The maximum Gasteiger partial charge on any atom is 0.433 e. The van der Waals surface area contributed by atoms with Crippen molar-refractivity contribution in [1.29, 1.82) is 0 Å². The number of rotatable bonds is 2. The predicted molar refractivity (Wildman–Crippen MR) is 62.3 cm³/mol. The van der Waals surface area contributed by atoms with Gasteiger partial charge in [-0.1, -0.05) is 0 Å². The normalized spacial score (nSPS) is 15.9. The molecule has 3 rings (SSSR count). The Hall–Kier alpha value is -1.43. The van der Waals surface area contributed by atoms with Crippen LogP contribution in [0.3, 0.4) is 0 Å². The molecule has 94 valence electrons. The van der Waals surface area contributed by atoms with Crippen molar-refractivity contribution in [2.24, 2.45) is 0 Å². The first-order chi connectivity index (χ1) is 8.54. The van der Waals surface area contributed by atoms with Gasteiger partial charge in [0.1, 0.15) is 10.7 Å². The molecule has 0 unspecified atom stereocenters. The van der Waals surface area contributed by atoms with Gasteiger partial charge >= 0.3 is 6.18 Å². The molecule has 1 aliphatic carbocycles. The molecule has 1 aliphatic rings. The van der Waals surface area contributed by atoms with E-state index in [1.165, 1.54) is 17.5 Å². The standard InChI is InChI=1S/C12H9F3N2S/c13-12(14,15)10-5-8(3-4-16-10)11-17-9(6-18-11)7-1-2-7/h3-7H,1-2H2. The average molecular weight is 270 g/mol. The van der Waals surface area contributed by atoms with Crippen LogP contribution in [-0.4, -0.2) is 9.97 Å². The minimum Gasteiger partial charge on any atom is -0.252 e. The highest BCUT2D eigenvalue weighted by Gasteiger charge is 2.33. The van der Waals surface area contributed by atoms with E-state index in [1.54, 1.807) is 6.07 Å². The zero-order valence-corrected chi connectivity index (χ0v) is 10.1. The maximum atomic E-state index is 12.5. The first-order valence-corrected chi connectivity index (χ1v) is 6.41. The van der Waals surface area contributed by atoms with Crippen molar-refractivity contribution < 1.29 is 13.2 Å². The molecule has 2 aromatic heterocycles. The number of hydrogen-bond acceptors (Lipinski definition) is 3. The van der Waals surface area contributed by atoms with E-state index in [1.807, 2.05) is 5.38 Å². The van der Waals surface area contributed by atoms with Crippen LogP contribution in [0.5, 0.6) is 0 Å². The van der Waals surface area contributed by atoms with E-state index < -0.39 is 11.9 Å². The fraction of sp³-hybridized carbons (Fsp3) is 0.333. The molecule has 18 heavy (non-hydrogen) atoms. The molecular weight excluding hydrogens is 261 g/mol. The molecule has 6 heteroatoms. The summed E-state index contributed by atoms with van der Waals surface area (Å²) >= 11 is 1.38. The van der Waals surface area contributed by atoms with E-state index in [4.69, 9.17) is 0 Å². The molecule has 1 fully saturated rings. The Morgan fingerprint density at radius 3 is 2.72 bits per heavy atom. The van der Waals surface area contributed by atoms with Gasteiger partial charge in [0.2, 0.25) is 0 Å². The number of pyridine rings is 1. The van der Waals surface area contributed by atoms with Crippen LogP contribution in [-0.2, 0) is 6.18 Å². The van der Waals surface area contributed by atoms with E-state index in [9.17, 15) is 13.2 Å². The van der Waals surface area contributed by atoms with Crippen LogP contribution in [0.4, 0.5) is 13.2 Å². The largest absolute Gasteiger partial charge is 0.433 e. The van der Waals surface area contributed by atoms with Crippen LogP contribution < -0.4 is 0 Å². The van der Waals surface area contributed by atoms with Gasteiger partial charge in [0.05, 0.1) is 5.69 Å². The molecule has 1 saturated carbocycles. The van der Waals surface area contributed by atoms with Crippen molar-refractivity contribution in [3.63, 3.8) is 0 Å². The van der Waals surface area contributed by atoms with Gasteiger partial charge in [-0.3, -0.25) is 4.98 Å². The molecule has 0 aromatic carbocycles. The van der Waals surface area contributed by atoms with Crippen LogP contribution in [0, 0.1) is 0 Å². The lowest BCUT2D eigenvalue weighted by molar-refractivity contribution is -0.141. The van der Waals surface area contributed by atoms with Gasteiger partial charge in [0.15, 0.2) is 0 Å². The van der Waals surface area contributed by atoms with Crippen LogP contribution in [0.25, 0.3) is 10.6 Å². The second kappa shape index (κ2) is 4.05. The van der Waals surface area contributed by atoms with E-state index in [0.717, 1.165) is 24.6 Å². The van der Waals surface area contributed by atoms with Crippen molar-refractivity contribution in [3.05, 3.63) is 35.1 Å². The summed E-state index contributed by atoms with van der Waals surface area (Å²) < 4.78 is 37.6. The van der Waals surface area contributed by atoms with Gasteiger partial charge in [-0.2, -0.15) is 13.2 Å². The lowest BCUT2D eigenvalue weighted by atomic mass is 10.2. The van der Waals surface area contributed by atoms with E-state index in [0.29, 0.717) is 16.5 Å². The maximum absolute atomic E-state index is 12.5. The lowest BCUT2D eigenvalue weighted by Gasteiger charge is -2.05. The van der Waals surface area contributed by atoms with Gasteiger partial charge in [0, 0.05) is 23.1 Å². The van der Waals surface area contributed by atoms with Crippen molar-refractivity contribution >= 4 is 11.3 Å². The highest BCUT2D eigenvalue weighted by Crippen LogP contribution is 2.41. The second-order valence-electron chi connectivity index (χ2n) is 4.28. The number of alkyl halides is 3. The highest BCUT2D eigenvalue weighted by molar-refractivity contribution is 7.13. The van der Waals surface area contributed by atoms with Crippen LogP contribution in [0.2, 0.25) is 0 Å².